The van der Waals surface area contributed by atoms with Crippen molar-refractivity contribution in [2.45, 2.75) is 44.4 Å². The first kappa shape index (κ1) is 10.5. The van der Waals surface area contributed by atoms with Crippen LogP contribution in [-0.2, 0) is 13.6 Å². The zero-order chi connectivity index (χ0) is 10.7. The van der Waals surface area contributed by atoms with Crippen molar-refractivity contribution in [2.24, 2.45) is 7.05 Å². The van der Waals surface area contributed by atoms with Crippen molar-refractivity contribution >= 4 is 0 Å². The normalized spacial score (nSPS) is 26.8. The van der Waals surface area contributed by atoms with E-state index in [9.17, 15) is 5.11 Å². The Morgan fingerprint density at radius 2 is 2.27 bits per heavy atom. The molecular formula is C9H17N5O. The van der Waals surface area contributed by atoms with Crippen molar-refractivity contribution in [3.8, 4) is 0 Å². The number of hydrogen-bond donors (Lipinski definition) is 2. The molecule has 2 unspecified atom stereocenters. The summed E-state index contributed by atoms with van der Waals surface area (Å²) in [6, 6.07) is 0.183. The van der Waals surface area contributed by atoms with Gasteiger partial charge in [-0.2, -0.15) is 4.80 Å². The van der Waals surface area contributed by atoms with E-state index in [0.29, 0.717) is 12.4 Å². The summed E-state index contributed by atoms with van der Waals surface area (Å²) in [5, 5.41) is 24.7. The van der Waals surface area contributed by atoms with E-state index in [0.717, 1.165) is 19.3 Å². The Labute approximate surface area is 88.7 Å². The zero-order valence-electron chi connectivity index (χ0n) is 8.93. The fraction of sp³-hybridized carbons (Fsp3) is 0.889. The minimum atomic E-state index is -0.226. The molecule has 0 aromatic carbocycles. The molecule has 1 aromatic rings. The van der Waals surface area contributed by atoms with Crippen molar-refractivity contribution < 1.29 is 5.11 Å². The Morgan fingerprint density at radius 3 is 2.93 bits per heavy atom. The maximum Gasteiger partial charge on any atom is 0.188 e. The zero-order valence-corrected chi connectivity index (χ0v) is 8.93. The molecule has 15 heavy (non-hydrogen) atoms. The maximum absolute atomic E-state index is 9.73. The van der Waals surface area contributed by atoms with Crippen LogP contribution in [0, 0.1) is 0 Å². The van der Waals surface area contributed by atoms with E-state index in [1.54, 1.807) is 7.05 Å². The van der Waals surface area contributed by atoms with E-state index >= 15 is 0 Å². The Morgan fingerprint density at radius 1 is 1.47 bits per heavy atom. The highest BCUT2D eigenvalue weighted by atomic mass is 16.3. The molecule has 0 amide bonds. The molecule has 0 saturated heterocycles. The van der Waals surface area contributed by atoms with Crippen molar-refractivity contribution in [3.63, 3.8) is 0 Å². The van der Waals surface area contributed by atoms with Crippen LogP contribution in [0.4, 0.5) is 0 Å². The fourth-order valence-corrected chi connectivity index (χ4v) is 1.97. The summed E-state index contributed by atoms with van der Waals surface area (Å²) >= 11 is 0. The standard InChI is InChI=1S/C9H17N5O/c1-14-12-9(11-13-14)6-10-7-4-2-3-5-8(7)15/h7-8,10,15H,2-6H2,1H3. The van der Waals surface area contributed by atoms with Gasteiger partial charge < -0.3 is 10.4 Å². The fourth-order valence-electron chi connectivity index (χ4n) is 1.97. The van der Waals surface area contributed by atoms with Crippen LogP contribution in [0.15, 0.2) is 0 Å². The third-order valence-corrected chi connectivity index (χ3v) is 2.80. The topological polar surface area (TPSA) is 75.9 Å². The Kier molecular flexibility index (Phi) is 3.27. The molecule has 0 aliphatic heterocycles. The summed E-state index contributed by atoms with van der Waals surface area (Å²) in [5.74, 6) is 0.676. The lowest BCUT2D eigenvalue weighted by molar-refractivity contribution is 0.0899. The summed E-state index contributed by atoms with van der Waals surface area (Å²) in [4.78, 5) is 1.44. The van der Waals surface area contributed by atoms with Gasteiger partial charge in [-0.15, -0.1) is 10.2 Å². The van der Waals surface area contributed by atoms with Crippen LogP contribution in [0.5, 0.6) is 0 Å². The number of aromatic nitrogens is 4. The van der Waals surface area contributed by atoms with Crippen molar-refractivity contribution in [1.82, 2.24) is 25.5 Å². The number of rotatable bonds is 3. The van der Waals surface area contributed by atoms with E-state index in [4.69, 9.17) is 0 Å². The highest BCUT2D eigenvalue weighted by molar-refractivity contribution is 4.83. The van der Waals surface area contributed by atoms with E-state index in [1.807, 2.05) is 0 Å². The molecule has 1 saturated carbocycles. The van der Waals surface area contributed by atoms with Gasteiger partial charge in [-0.05, 0) is 18.1 Å². The molecule has 1 aliphatic carbocycles. The number of aliphatic hydroxyl groups excluding tert-OH is 1. The lowest BCUT2D eigenvalue weighted by Crippen LogP contribution is -2.41. The van der Waals surface area contributed by atoms with Gasteiger partial charge in [-0.1, -0.05) is 12.8 Å². The minimum Gasteiger partial charge on any atom is -0.392 e. The van der Waals surface area contributed by atoms with Gasteiger partial charge in [-0.3, -0.25) is 0 Å². The van der Waals surface area contributed by atoms with Crippen molar-refractivity contribution in [3.05, 3.63) is 5.82 Å². The van der Waals surface area contributed by atoms with Crippen molar-refractivity contribution in [2.75, 3.05) is 0 Å². The molecule has 2 N–H and O–H groups in total. The van der Waals surface area contributed by atoms with Crippen LogP contribution in [0.1, 0.15) is 31.5 Å². The average molecular weight is 211 g/mol. The summed E-state index contributed by atoms with van der Waals surface area (Å²) in [6.07, 6.45) is 4.01. The summed E-state index contributed by atoms with van der Waals surface area (Å²) in [7, 11) is 1.74. The quantitative estimate of drug-likeness (QED) is 0.711. The van der Waals surface area contributed by atoms with Crippen LogP contribution in [-0.4, -0.2) is 37.5 Å². The van der Waals surface area contributed by atoms with E-state index in [2.05, 4.69) is 20.7 Å². The second-order valence-corrected chi connectivity index (χ2v) is 4.03. The second kappa shape index (κ2) is 4.67. The minimum absolute atomic E-state index is 0.183. The highest BCUT2D eigenvalue weighted by Gasteiger charge is 2.22. The predicted molar refractivity (Wildman–Crippen MR) is 53.9 cm³/mol. The average Bonchev–Trinajstić information content (AvgIpc) is 2.63. The van der Waals surface area contributed by atoms with Crippen LogP contribution in [0.2, 0.25) is 0 Å². The highest BCUT2D eigenvalue weighted by Crippen LogP contribution is 2.18. The van der Waals surface area contributed by atoms with Gasteiger partial charge in [0.25, 0.3) is 0 Å². The molecule has 2 rings (SSSR count). The number of hydrogen-bond acceptors (Lipinski definition) is 5. The Hall–Kier alpha value is -1.01. The predicted octanol–water partition coefficient (Wildman–Crippen LogP) is -0.397. The van der Waals surface area contributed by atoms with Crippen LogP contribution in [0.25, 0.3) is 0 Å². The third-order valence-electron chi connectivity index (χ3n) is 2.80. The van der Waals surface area contributed by atoms with Gasteiger partial charge in [0.1, 0.15) is 0 Å². The number of nitrogens with zero attached hydrogens (tertiary/aromatic N) is 4. The van der Waals surface area contributed by atoms with Gasteiger partial charge in [0.05, 0.1) is 19.7 Å². The van der Waals surface area contributed by atoms with Gasteiger partial charge in [0, 0.05) is 6.04 Å². The first-order chi connectivity index (χ1) is 7.25. The lowest BCUT2D eigenvalue weighted by Gasteiger charge is -2.27. The molecular weight excluding hydrogens is 194 g/mol. The SMILES string of the molecule is Cn1nnc(CNC2CCCCC2O)n1. The van der Waals surface area contributed by atoms with Gasteiger partial charge in [-0.25, -0.2) is 0 Å². The summed E-state index contributed by atoms with van der Waals surface area (Å²) in [6.45, 7) is 0.579. The molecule has 1 aliphatic rings. The van der Waals surface area contributed by atoms with Gasteiger partial charge in [0.2, 0.25) is 0 Å². The molecule has 0 radical (unpaired) electrons. The molecule has 1 aromatic heterocycles. The largest absolute Gasteiger partial charge is 0.392 e. The van der Waals surface area contributed by atoms with Crippen molar-refractivity contribution in [1.29, 1.82) is 0 Å². The first-order valence-corrected chi connectivity index (χ1v) is 5.40. The summed E-state index contributed by atoms with van der Waals surface area (Å²) in [5.41, 5.74) is 0. The monoisotopic (exact) mass is 211 g/mol. The van der Waals surface area contributed by atoms with Crippen LogP contribution < -0.4 is 5.32 Å². The molecule has 0 bridgehead atoms. The Bertz CT molecular complexity index is 313. The molecule has 84 valence electrons. The molecule has 2 atom stereocenters. The lowest BCUT2D eigenvalue weighted by atomic mass is 9.93. The summed E-state index contributed by atoms with van der Waals surface area (Å²) < 4.78 is 0. The molecule has 1 fully saturated rings. The molecule has 6 nitrogen and oxygen atoms in total. The van der Waals surface area contributed by atoms with Crippen LogP contribution in [0.3, 0.4) is 0 Å². The van der Waals surface area contributed by atoms with E-state index in [-0.39, 0.29) is 12.1 Å². The maximum atomic E-state index is 9.73. The third kappa shape index (κ3) is 2.73. The molecule has 0 spiro atoms. The van der Waals surface area contributed by atoms with E-state index in [1.165, 1.54) is 11.2 Å². The smallest absolute Gasteiger partial charge is 0.188 e. The van der Waals surface area contributed by atoms with Gasteiger partial charge >= 0.3 is 0 Å². The molecule has 1 heterocycles. The Balaban J connectivity index is 1.81. The van der Waals surface area contributed by atoms with Gasteiger partial charge in [0.15, 0.2) is 5.82 Å². The number of nitrogens with one attached hydrogen (secondary N) is 1. The number of aliphatic hydroxyl groups is 1. The first-order valence-electron chi connectivity index (χ1n) is 5.40. The number of aryl methyl sites for hydroxylation is 1. The van der Waals surface area contributed by atoms with E-state index < -0.39 is 0 Å². The van der Waals surface area contributed by atoms with Crippen LogP contribution >= 0.6 is 0 Å². The number of tetrazole rings is 1. The molecule has 6 heteroatoms. The second-order valence-electron chi connectivity index (χ2n) is 4.03.